The molecule has 0 atom stereocenters. The van der Waals surface area contributed by atoms with Gasteiger partial charge in [0, 0.05) is 0 Å². The number of ether oxygens (including phenoxy) is 1. The van der Waals surface area contributed by atoms with Gasteiger partial charge in [0.05, 0.1) is 23.9 Å². The van der Waals surface area contributed by atoms with Crippen LogP contribution < -0.4 is 10.1 Å². The van der Waals surface area contributed by atoms with Crippen molar-refractivity contribution in [2.24, 2.45) is 0 Å². The quantitative estimate of drug-likeness (QED) is 0.826. The van der Waals surface area contributed by atoms with E-state index in [-0.39, 0.29) is 0 Å². The summed E-state index contributed by atoms with van der Waals surface area (Å²) in [4.78, 5) is 15.2. The Morgan fingerprint density at radius 3 is 2.94 bits per heavy atom. The topological polar surface area (TPSA) is 51.2 Å². The first-order valence-electron chi connectivity index (χ1n) is 4.64. The first kappa shape index (κ1) is 10.6. The lowest BCUT2D eigenvalue weighted by atomic mass is 10.3. The van der Waals surface area contributed by atoms with Crippen LogP contribution in [0.5, 0.6) is 5.75 Å². The van der Waals surface area contributed by atoms with Crippen LogP contribution in [0.15, 0.2) is 30.5 Å². The standard InChI is InChI=1S/C11H10N2O2S/c1-15-10-5-3-2-4-9(10)13-11-12-6-8(7-14)16-11/h2-7H,1H3,(H,12,13). The van der Waals surface area contributed by atoms with Crippen LogP contribution in [0.1, 0.15) is 9.67 Å². The van der Waals surface area contributed by atoms with Crippen molar-refractivity contribution in [2.75, 3.05) is 12.4 Å². The van der Waals surface area contributed by atoms with Gasteiger partial charge >= 0.3 is 0 Å². The van der Waals surface area contributed by atoms with Crippen LogP contribution in [0, 0.1) is 0 Å². The van der Waals surface area contributed by atoms with Crippen molar-refractivity contribution in [3.63, 3.8) is 0 Å². The molecule has 1 N–H and O–H groups in total. The van der Waals surface area contributed by atoms with E-state index in [1.54, 1.807) is 7.11 Å². The van der Waals surface area contributed by atoms with Crippen LogP contribution in [-0.2, 0) is 0 Å². The van der Waals surface area contributed by atoms with Gasteiger partial charge in [-0.2, -0.15) is 0 Å². The van der Waals surface area contributed by atoms with Gasteiger partial charge in [-0.05, 0) is 12.1 Å². The monoisotopic (exact) mass is 234 g/mol. The highest BCUT2D eigenvalue weighted by atomic mass is 32.1. The Morgan fingerprint density at radius 2 is 2.25 bits per heavy atom. The molecular formula is C11H10N2O2S. The van der Waals surface area contributed by atoms with E-state index in [1.807, 2.05) is 24.3 Å². The molecule has 2 aromatic rings. The lowest BCUT2D eigenvalue weighted by Gasteiger charge is -2.07. The number of carbonyl (C=O) groups is 1. The number of nitrogens with one attached hydrogen (secondary N) is 1. The number of anilines is 2. The van der Waals surface area contributed by atoms with Crippen LogP contribution in [0.25, 0.3) is 0 Å². The maximum atomic E-state index is 10.5. The smallest absolute Gasteiger partial charge is 0.187 e. The molecule has 0 saturated carbocycles. The molecule has 82 valence electrons. The van der Waals surface area contributed by atoms with Gasteiger partial charge in [0.2, 0.25) is 0 Å². The molecule has 0 aliphatic rings. The Kier molecular flexibility index (Phi) is 3.16. The molecule has 16 heavy (non-hydrogen) atoms. The Labute approximate surface area is 96.9 Å². The molecule has 0 spiro atoms. The summed E-state index contributed by atoms with van der Waals surface area (Å²) >= 11 is 1.30. The number of para-hydroxylation sites is 2. The number of aromatic nitrogens is 1. The minimum atomic E-state index is 0.595. The van der Waals surface area contributed by atoms with Crippen LogP contribution in [-0.4, -0.2) is 18.4 Å². The minimum Gasteiger partial charge on any atom is -0.495 e. The first-order chi connectivity index (χ1) is 7.83. The van der Waals surface area contributed by atoms with Crippen molar-refractivity contribution < 1.29 is 9.53 Å². The number of benzene rings is 1. The fraction of sp³-hybridized carbons (Fsp3) is 0.0909. The zero-order valence-electron chi connectivity index (χ0n) is 8.64. The third-order valence-corrected chi connectivity index (χ3v) is 2.83. The predicted molar refractivity (Wildman–Crippen MR) is 63.8 cm³/mol. The Bertz CT molecular complexity index is 496. The SMILES string of the molecule is COc1ccccc1Nc1ncc(C=O)s1. The lowest BCUT2D eigenvalue weighted by Crippen LogP contribution is -1.93. The number of thiazole rings is 1. The summed E-state index contributed by atoms with van der Waals surface area (Å²) in [5.41, 5.74) is 0.830. The summed E-state index contributed by atoms with van der Waals surface area (Å²) in [7, 11) is 1.61. The van der Waals surface area contributed by atoms with E-state index in [1.165, 1.54) is 17.5 Å². The van der Waals surface area contributed by atoms with Crippen molar-refractivity contribution >= 4 is 28.4 Å². The number of aldehydes is 1. The summed E-state index contributed by atoms with van der Waals surface area (Å²) in [5.74, 6) is 0.741. The largest absolute Gasteiger partial charge is 0.495 e. The second kappa shape index (κ2) is 4.76. The fourth-order valence-electron chi connectivity index (χ4n) is 1.26. The minimum absolute atomic E-state index is 0.595. The maximum Gasteiger partial charge on any atom is 0.187 e. The van der Waals surface area contributed by atoms with Gasteiger partial charge in [-0.25, -0.2) is 4.98 Å². The fourth-order valence-corrected chi connectivity index (χ4v) is 1.91. The van der Waals surface area contributed by atoms with Crippen molar-refractivity contribution in [1.82, 2.24) is 4.98 Å². The molecule has 0 amide bonds. The maximum absolute atomic E-state index is 10.5. The summed E-state index contributed by atoms with van der Waals surface area (Å²) in [6, 6.07) is 7.54. The molecule has 0 fully saturated rings. The normalized spacial score (nSPS) is 9.81. The van der Waals surface area contributed by atoms with Gasteiger partial charge in [0.15, 0.2) is 11.4 Å². The second-order valence-electron chi connectivity index (χ2n) is 3.01. The first-order valence-corrected chi connectivity index (χ1v) is 5.46. The third kappa shape index (κ3) is 2.20. The number of hydrogen-bond donors (Lipinski definition) is 1. The number of rotatable bonds is 4. The van der Waals surface area contributed by atoms with E-state index < -0.39 is 0 Å². The Balaban J connectivity index is 2.22. The van der Waals surface area contributed by atoms with Gasteiger partial charge in [-0.3, -0.25) is 4.79 Å². The predicted octanol–water partition coefficient (Wildman–Crippen LogP) is 2.71. The molecule has 5 heteroatoms. The molecule has 0 unspecified atom stereocenters. The number of methoxy groups -OCH3 is 1. The van der Waals surface area contributed by atoms with E-state index in [0.29, 0.717) is 10.0 Å². The molecule has 0 bridgehead atoms. The van der Waals surface area contributed by atoms with Crippen LogP contribution in [0.2, 0.25) is 0 Å². The average Bonchev–Trinajstić information content (AvgIpc) is 2.77. The summed E-state index contributed by atoms with van der Waals surface area (Å²) in [6.07, 6.45) is 2.32. The summed E-state index contributed by atoms with van der Waals surface area (Å²) in [5, 5.41) is 3.77. The molecular weight excluding hydrogens is 224 g/mol. The van der Waals surface area contributed by atoms with Crippen molar-refractivity contribution in [1.29, 1.82) is 0 Å². The molecule has 1 aromatic carbocycles. The molecule has 0 aliphatic heterocycles. The highest BCUT2D eigenvalue weighted by Gasteiger charge is 2.05. The van der Waals surface area contributed by atoms with Crippen molar-refractivity contribution in [2.45, 2.75) is 0 Å². The van der Waals surface area contributed by atoms with Crippen molar-refractivity contribution in [3.05, 3.63) is 35.3 Å². The van der Waals surface area contributed by atoms with E-state index in [4.69, 9.17) is 4.74 Å². The van der Waals surface area contributed by atoms with E-state index in [0.717, 1.165) is 17.7 Å². The lowest BCUT2D eigenvalue weighted by molar-refractivity contribution is 0.112. The van der Waals surface area contributed by atoms with E-state index >= 15 is 0 Å². The zero-order valence-corrected chi connectivity index (χ0v) is 9.45. The van der Waals surface area contributed by atoms with Crippen LogP contribution >= 0.6 is 11.3 Å². The third-order valence-electron chi connectivity index (χ3n) is 1.99. The van der Waals surface area contributed by atoms with Gasteiger partial charge in [-0.1, -0.05) is 23.5 Å². The molecule has 1 aromatic heterocycles. The Morgan fingerprint density at radius 1 is 1.44 bits per heavy atom. The van der Waals surface area contributed by atoms with Crippen LogP contribution in [0.3, 0.4) is 0 Å². The summed E-state index contributed by atoms with van der Waals surface area (Å²) < 4.78 is 5.20. The molecule has 2 rings (SSSR count). The number of nitrogens with zero attached hydrogens (tertiary/aromatic N) is 1. The number of carbonyl (C=O) groups excluding carboxylic acids is 1. The van der Waals surface area contributed by atoms with Gasteiger partial charge in [-0.15, -0.1) is 0 Å². The summed E-state index contributed by atoms with van der Waals surface area (Å²) in [6.45, 7) is 0. The zero-order chi connectivity index (χ0) is 11.4. The molecule has 0 saturated heterocycles. The van der Waals surface area contributed by atoms with Gasteiger partial charge in [0.25, 0.3) is 0 Å². The second-order valence-corrected chi connectivity index (χ2v) is 4.07. The van der Waals surface area contributed by atoms with Crippen LogP contribution in [0.4, 0.5) is 10.8 Å². The molecule has 1 heterocycles. The molecule has 0 radical (unpaired) electrons. The van der Waals surface area contributed by atoms with Gasteiger partial charge < -0.3 is 10.1 Å². The van der Waals surface area contributed by atoms with Crippen molar-refractivity contribution in [3.8, 4) is 5.75 Å². The van der Waals surface area contributed by atoms with Gasteiger partial charge in [0.1, 0.15) is 5.75 Å². The average molecular weight is 234 g/mol. The molecule has 4 nitrogen and oxygen atoms in total. The Hall–Kier alpha value is -1.88. The highest BCUT2D eigenvalue weighted by Crippen LogP contribution is 2.28. The van der Waals surface area contributed by atoms with E-state index in [9.17, 15) is 4.79 Å². The highest BCUT2D eigenvalue weighted by molar-refractivity contribution is 7.17. The number of hydrogen-bond acceptors (Lipinski definition) is 5. The van der Waals surface area contributed by atoms with E-state index in [2.05, 4.69) is 10.3 Å². The molecule has 0 aliphatic carbocycles.